The molecule has 6 heteroatoms. The van der Waals surface area contributed by atoms with Crippen molar-refractivity contribution in [3.8, 4) is 0 Å². The van der Waals surface area contributed by atoms with E-state index in [2.05, 4.69) is 26.8 Å². The number of rotatable bonds is 4. The summed E-state index contributed by atoms with van der Waals surface area (Å²) in [6.07, 6.45) is 1.03. The van der Waals surface area contributed by atoms with Crippen molar-refractivity contribution in [3.05, 3.63) is 33.6 Å². The smallest absolute Gasteiger partial charge is 0.240 e. The number of carbonyl (C=O) groups is 1. The van der Waals surface area contributed by atoms with Crippen LogP contribution in [0.15, 0.2) is 22.0 Å². The summed E-state index contributed by atoms with van der Waals surface area (Å²) < 4.78 is 5.13. The lowest BCUT2D eigenvalue weighted by Crippen LogP contribution is -2.36. The summed E-state index contributed by atoms with van der Waals surface area (Å²) in [6.45, 7) is 6.23. The molecular weight excluding hydrogens is 286 g/mol. The Balaban J connectivity index is 1.55. The van der Waals surface area contributed by atoms with Gasteiger partial charge in [-0.2, -0.15) is 0 Å². The summed E-state index contributed by atoms with van der Waals surface area (Å²) in [7, 11) is 0. The molecule has 0 aliphatic carbocycles. The maximum Gasteiger partial charge on any atom is 0.240 e. The minimum Gasteiger partial charge on any atom is -0.338 e. The zero-order valence-corrected chi connectivity index (χ0v) is 13.1. The number of hydrogen-bond donors (Lipinski definition) is 1. The number of nitrogens with one attached hydrogen (secondary N) is 1. The summed E-state index contributed by atoms with van der Waals surface area (Å²) in [4.78, 5) is 15.7. The highest BCUT2D eigenvalue weighted by atomic mass is 32.1. The van der Waals surface area contributed by atoms with E-state index in [1.54, 1.807) is 17.4 Å². The molecule has 21 heavy (non-hydrogen) atoms. The van der Waals surface area contributed by atoms with E-state index < -0.39 is 0 Å². The molecule has 0 unspecified atom stereocenters. The van der Waals surface area contributed by atoms with Gasteiger partial charge in [-0.05, 0) is 29.3 Å². The highest BCUT2D eigenvalue weighted by Crippen LogP contribution is 2.24. The number of fused-ring (bicyclic) bond motifs is 1. The third kappa shape index (κ3) is 3.33. The van der Waals surface area contributed by atoms with Gasteiger partial charge in [-0.1, -0.05) is 19.0 Å². The van der Waals surface area contributed by atoms with Crippen LogP contribution in [-0.2, 0) is 17.8 Å². The van der Waals surface area contributed by atoms with Crippen LogP contribution < -0.4 is 5.32 Å². The molecule has 0 spiro atoms. The Hall–Kier alpha value is -1.66. The van der Waals surface area contributed by atoms with E-state index in [0.29, 0.717) is 18.3 Å². The SMILES string of the molecule is CC(C)c1cc(NC(=O)CN2CCc3sccc3C2)on1. The predicted octanol–water partition coefficient (Wildman–Crippen LogP) is 2.86. The number of nitrogens with zero attached hydrogens (tertiary/aromatic N) is 2. The summed E-state index contributed by atoms with van der Waals surface area (Å²) in [5.74, 6) is 0.663. The molecule has 1 amide bonds. The molecule has 2 aromatic rings. The van der Waals surface area contributed by atoms with Crippen LogP contribution >= 0.6 is 11.3 Å². The second kappa shape index (κ2) is 5.99. The molecular formula is C15H19N3O2S. The lowest BCUT2D eigenvalue weighted by Gasteiger charge is -2.25. The largest absolute Gasteiger partial charge is 0.338 e. The van der Waals surface area contributed by atoms with Gasteiger partial charge in [0.2, 0.25) is 11.8 Å². The van der Waals surface area contributed by atoms with E-state index in [1.807, 2.05) is 13.8 Å². The lowest BCUT2D eigenvalue weighted by molar-refractivity contribution is -0.117. The summed E-state index contributed by atoms with van der Waals surface area (Å²) in [6, 6.07) is 3.94. The van der Waals surface area contributed by atoms with Gasteiger partial charge in [0.05, 0.1) is 12.2 Å². The van der Waals surface area contributed by atoms with Crippen LogP contribution in [-0.4, -0.2) is 29.1 Å². The van der Waals surface area contributed by atoms with Crippen LogP contribution in [0.1, 0.15) is 35.9 Å². The third-order valence-electron chi connectivity index (χ3n) is 3.64. The Morgan fingerprint density at radius 3 is 3.19 bits per heavy atom. The highest BCUT2D eigenvalue weighted by molar-refractivity contribution is 7.10. The summed E-state index contributed by atoms with van der Waals surface area (Å²) in [5, 5.41) is 8.83. The summed E-state index contributed by atoms with van der Waals surface area (Å²) >= 11 is 1.80. The Bertz CT molecular complexity index is 632. The number of amides is 1. The molecule has 0 aromatic carbocycles. The van der Waals surface area contributed by atoms with Crippen LogP contribution in [0.25, 0.3) is 0 Å². The molecule has 3 rings (SSSR count). The van der Waals surface area contributed by atoms with E-state index in [-0.39, 0.29) is 5.91 Å². The fourth-order valence-electron chi connectivity index (χ4n) is 2.44. The van der Waals surface area contributed by atoms with Crippen LogP contribution in [0, 0.1) is 0 Å². The standard InChI is InChI=1S/C15H19N3O2S/c1-10(2)12-7-15(20-17-12)16-14(19)9-18-5-3-13-11(8-18)4-6-21-13/h4,6-7,10H,3,5,8-9H2,1-2H3,(H,16,19). The van der Waals surface area contributed by atoms with Gasteiger partial charge in [-0.15, -0.1) is 11.3 Å². The molecule has 1 N–H and O–H groups in total. The van der Waals surface area contributed by atoms with E-state index in [0.717, 1.165) is 25.2 Å². The topological polar surface area (TPSA) is 58.4 Å². The highest BCUT2D eigenvalue weighted by Gasteiger charge is 2.20. The van der Waals surface area contributed by atoms with Crippen molar-refractivity contribution >= 4 is 23.1 Å². The maximum absolute atomic E-state index is 12.1. The number of aromatic nitrogens is 1. The van der Waals surface area contributed by atoms with Gasteiger partial charge < -0.3 is 4.52 Å². The number of thiophene rings is 1. The Morgan fingerprint density at radius 2 is 2.43 bits per heavy atom. The van der Waals surface area contributed by atoms with Gasteiger partial charge in [-0.3, -0.25) is 15.0 Å². The van der Waals surface area contributed by atoms with E-state index >= 15 is 0 Å². The van der Waals surface area contributed by atoms with Crippen molar-refractivity contribution in [2.75, 3.05) is 18.4 Å². The van der Waals surface area contributed by atoms with Crippen molar-refractivity contribution in [2.45, 2.75) is 32.7 Å². The molecule has 3 heterocycles. The molecule has 0 bridgehead atoms. The predicted molar refractivity (Wildman–Crippen MR) is 82.5 cm³/mol. The second-order valence-corrected chi connectivity index (χ2v) is 6.65. The maximum atomic E-state index is 12.1. The van der Waals surface area contributed by atoms with E-state index in [9.17, 15) is 4.79 Å². The molecule has 5 nitrogen and oxygen atoms in total. The molecule has 112 valence electrons. The fraction of sp³-hybridized carbons (Fsp3) is 0.467. The fourth-order valence-corrected chi connectivity index (χ4v) is 3.33. The molecule has 1 aliphatic heterocycles. The average Bonchev–Trinajstić information content (AvgIpc) is 3.06. The van der Waals surface area contributed by atoms with Crippen molar-refractivity contribution in [2.24, 2.45) is 0 Å². The van der Waals surface area contributed by atoms with Crippen LogP contribution in [0.4, 0.5) is 5.88 Å². The van der Waals surface area contributed by atoms with Crippen LogP contribution in [0.2, 0.25) is 0 Å². The van der Waals surface area contributed by atoms with E-state index in [4.69, 9.17) is 4.52 Å². The first kappa shape index (κ1) is 14.3. The second-order valence-electron chi connectivity index (χ2n) is 5.65. The Labute approximate surface area is 127 Å². The minimum absolute atomic E-state index is 0.0554. The number of carbonyl (C=O) groups excluding carboxylic acids is 1. The number of hydrogen-bond acceptors (Lipinski definition) is 5. The van der Waals surface area contributed by atoms with Crippen molar-refractivity contribution in [1.29, 1.82) is 0 Å². The Morgan fingerprint density at radius 1 is 1.57 bits per heavy atom. The van der Waals surface area contributed by atoms with Gasteiger partial charge in [0, 0.05) is 24.0 Å². The molecule has 0 saturated carbocycles. The monoisotopic (exact) mass is 305 g/mol. The van der Waals surface area contributed by atoms with Crippen LogP contribution in [0.5, 0.6) is 0 Å². The van der Waals surface area contributed by atoms with Gasteiger partial charge in [0.15, 0.2) is 0 Å². The zero-order valence-electron chi connectivity index (χ0n) is 12.3. The molecule has 0 radical (unpaired) electrons. The number of anilines is 1. The molecule has 0 fully saturated rings. The molecule has 2 aromatic heterocycles. The van der Waals surface area contributed by atoms with Gasteiger partial charge in [0.1, 0.15) is 0 Å². The summed E-state index contributed by atoms with van der Waals surface area (Å²) in [5.41, 5.74) is 2.20. The lowest BCUT2D eigenvalue weighted by atomic mass is 10.1. The first-order valence-corrected chi connectivity index (χ1v) is 8.04. The van der Waals surface area contributed by atoms with Crippen molar-refractivity contribution in [3.63, 3.8) is 0 Å². The third-order valence-corrected chi connectivity index (χ3v) is 4.66. The van der Waals surface area contributed by atoms with Crippen molar-refractivity contribution in [1.82, 2.24) is 10.1 Å². The molecule has 1 aliphatic rings. The van der Waals surface area contributed by atoms with Crippen LogP contribution in [0.3, 0.4) is 0 Å². The van der Waals surface area contributed by atoms with Gasteiger partial charge >= 0.3 is 0 Å². The van der Waals surface area contributed by atoms with Crippen molar-refractivity contribution < 1.29 is 9.32 Å². The Kier molecular flexibility index (Phi) is 4.07. The first-order chi connectivity index (χ1) is 10.1. The van der Waals surface area contributed by atoms with E-state index in [1.165, 1.54) is 10.4 Å². The zero-order chi connectivity index (χ0) is 14.8. The normalized spacial score (nSPS) is 15.2. The minimum atomic E-state index is -0.0554. The first-order valence-electron chi connectivity index (χ1n) is 7.16. The van der Waals surface area contributed by atoms with Gasteiger partial charge in [-0.25, -0.2) is 0 Å². The quantitative estimate of drug-likeness (QED) is 0.943. The van der Waals surface area contributed by atoms with Gasteiger partial charge in [0.25, 0.3) is 0 Å². The molecule has 0 saturated heterocycles. The molecule has 0 atom stereocenters. The average molecular weight is 305 g/mol.